The molecule has 1 aromatic carbocycles. The minimum absolute atomic E-state index is 0.0159. The Labute approximate surface area is 196 Å². The van der Waals surface area contributed by atoms with Gasteiger partial charge in [-0.25, -0.2) is 28.1 Å². The first-order chi connectivity index (χ1) is 16.2. The largest absolute Gasteiger partial charge is 0.398 e. The molecule has 1 saturated heterocycles. The second-order valence-electron chi connectivity index (χ2n) is 7.43. The molecule has 1 fully saturated rings. The number of para-hydroxylation sites is 1. The number of nitrogens with zero attached hydrogens (tertiary/aromatic N) is 4. The number of nitrogens with two attached hydrogens (primary N) is 4. The SMILES string of the molecule is CC.Nc1ccccc1C(=O)NS(=O)(=O)CC[C@H]1O[C@@H](n2cnc3c(N)ncnc32)[C@H](N)[C@@H]1N. The summed E-state index contributed by atoms with van der Waals surface area (Å²) in [6, 6.07) is 4.85. The molecule has 184 valence electrons. The standard InChI is InChI=1S/C18H23N9O4S.C2H6/c19-10-4-2-1-3-9(10)17(28)26-32(29,30)6-5-11-12(20)13(21)18(31-11)27-8-25-14-15(22)23-7-24-16(14)27;1-2/h1-4,7-8,11-13,18H,5-6,19-21H2,(H,26,28)(H2,22,23,24);1-2H3/t11-,12-,13-,18-;/m1./s1. The van der Waals surface area contributed by atoms with Crippen molar-refractivity contribution in [2.75, 3.05) is 17.2 Å². The van der Waals surface area contributed by atoms with E-state index in [1.165, 1.54) is 24.8 Å². The molecule has 34 heavy (non-hydrogen) atoms. The van der Waals surface area contributed by atoms with E-state index in [-0.39, 0.29) is 23.5 Å². The van der Waals surface area contributed by atoms with Crippen LogP contribution >= 0.6 is 0 Å². The van der Waals surface area contributed by atoms with Gasteiger partial charge in [0.05, 0.1) is 35.8 Å². The average molecular weight is 492 g/mol. The lowest BCUT2D eigenvalue weighted by molar-refractivity contribution is -0.00304. The molecule has 0 bridgehead atoms. The van der Waals surface area contributed by atoms with Gasteiger partial charge >= 0.3 is 0 Å². The van der Waals surface area contributed by atoms with Crippen LogP contribution in [0, 0.1) is 0 Å². The molecule has 3 aromatic rings. The van der Waals surface area contributed by atoms with E-state index in [1.54, 1.807) is 16.7 Å². The van der Waals surface area contributed by atoms with Gasteiger partial charge in [0.25, 0.3) is 5.91 Å². The Morgan fingerprint density at radius 2 is 1.82 bits per heavy atom. The van der Waals surface area contributed by atoms with Gasteiger partial charge in [-0.05, 0) is 18.6 Å². The van der Waals surface area contributed by atoms with Crippen molar-refractivity contribution in [3.05, 3.63) is 42.5 Å². The van der Waals surface area contributed by atoms with Crippen LogP contribution in [0.25, 0.3) is 11.2 Å². The summed E-state index contributed by atoms with van der Waals surface area (Å²) in [5, 5.41) is 0. The normalized spacial score (nSPS) is 22.2. The molecular weight excluding hydrogens is 462 g/mol. The number of nitrogen functional groups attached to an aromatic ring is 2. The van der Waals surface area contributed by atoms with Gasteiger partial charge in [0, 0.05) is 5.69 Å². The monoisotopic (exact) mass is 491 g/mol. The number of hydrogen-bond acceptors (Lipinski definition) is 11. The summed E-state index contributed by atoms with van der Waals surface area (Å²) < 4.78 is 34.5. The maximum absolute atomic E-state index is 12.4. The Morgan fingerprint density at radius 1 is 1.12 bits per heavy atom. The first-order valence-corrected chi connectivity index (χ1v) is 12.3. The number of imidazole rings is 1. The molecule has 1 aliphatic heterocycles. The van der Waals surface area contributed by atoms with Crippen molar-refractivity contribution >= 4 is 38.6 Å². The van der Waals surface area contributed by atoms with E-state index < -0.39 is 46.1 Å². The lowest BCUT2D eigenvalue weighted by Crippen LogP contribution is -2.46. The summed E-state index contributed by atoms with van der Waals surface area (Å²) in [5.74, 6) is -0.998. The van der Waals surface area contributed by atoms with Crippen LogP contribution in [0.1, 0.15) is 36.9 Å². The number of nitrogens with one attached hydrogen (secondary N) is 1. The maximum atomic E-state index is 12.4. The van der Waals surface area contributed by atoms with Gasteiger partial charge in [0.15, 0.2) is 17.7 Å². The number of sulfonamides is 1. The first kappa shape index (κ1) is 25.3. The van der Waals surface area contributed by atoms with Crippen LogP contribution in [0.3, 0.4) is 0 Å². The highest BCUT2D eigenvalue weighted by Gasteiger charge is 2.42. The van der Waals surface area contributed by atoms with Gasteiger partial charge in [-0.2, -0.15) is 0 Å². The van der Waals surface area contributed by atoms with E-state index in [1.807, 2.05) is 18.6 Å². The second kappa shape index (κ2) is 10.3. The molecule has 1 amide bonds. The third-order valence-corrected chi connectivity index (χ3v) is 6.57. The third kappa shape index (κ3) is 5.09. The number of aromatic nitrogens is 4. The number of anilines is 2. The molecule has 0 spiro atoms. The highest BCUT2D eigenvalue weighted by atomic mass is 32.2. The van der Waals surface area contributed by atoms with Gasteiger partial charge < -0.3 is 27.7 Å². The lowest BCUT2D eigenvalue weighted by atomic mass is 10.0. The Morgan fingerprint density at radius 3 is 2.53 bits per heavy atom. The van der Waals surface area contributed by atoms with E-state index in [0.717, 1.165) is 0 Å². The van der Waals surface area contributed by atoms with Crippen molar-refractivity contribution in [3.8, 4) is 0 Å². The Balaban J connectivity index is 0.00000158. The van der Waals surface area contributed by atoms with E-state index in [9.17, 15) is 13.2 Å². The van der Waals surface area contributed by atoms with Gasteiger partial charge in [-0.1, -0.05) is 26.0 Å². The lowest BCUT2D eigenvalue weighted by Gasteiger charge is -2.17. The molecule has 3 heterocycles. The average Bonchev–Trinajstić information content (AvgIpc) is 3.36. The van der Waals surface area contributed by atoms with Gasteiger partial charge in [0.1, 0.15) is 11.8 Å². The summed E-state index contributed by atoms with van der Waals surface area (Å²) in [5.41, 5.74) is 25.0. The van der Waals surface area contributed by atoms with Crippen LogP contribution in [-0.2, 0) is 14.8 Å². The molecule has 14 heteroatoms. The first-order valence-electron chi connectivity index (χ1n) is 10.7. The number of benzene rings is 1. The van der Waals surface area contributed by atoms with Crippen molar-refractivity contribution in [2.45, 2.75) is 44.7 Å². The molecule has 0 aliphatic carbocycles. The van der Waals surface area contributed by atoms with Crippen LogP contribution in [-0.4, -0.2) is 57.8 Å². The van der Waals surface area contributed by atoms with Crippen LogP contribution in [0.2, 0.25) is 0 Å². The van der Waals surface area contributed by atoms with Gasteiger partial charge in [0.2, 0.25) is 10.0 Å². The van der Waals surface area contributed by atoms with Crippen molar-refractivity contribution < 1.29 is 17.9 Å². The molecule has 1 aliphatic rings. The topological polar surface area (TPSA) is 220 Å². The fourth-order valence-corrected chi connectivity index (χ4v) is 4.63. The molecule has 13 nitrogen and oxygen atoms in total. The number of ether oxygens (including phenoxy) is 1. The Kier molecular flexibility index (Phi) is 7.66. The van der Waals surface area contributed by atoms with Crippen molar-refractivity contribution in [3.63, 3.8) is 0 Å². The predicted molar refractivity (Wildman–Crippen MR) is 128 cm³/mol. The molecule has 0 radical (unpaired) electrons. The van der Waals surface area contributed by atoms with Gasteiger partial charge in [-0.3, -0.25) is 9.36 Å². The van der Waals surface area contributed by atoms with Crippen molar-refractivity contribution in [2.24, 2.45) is 11.5 Å². The van der Waals surface area contributed by atoms with Crippen molar-refractivity contribution in [1.82, 2.24) is 24.2 Å². The summed E-state index contributed by atoms with van der Waals surface area (Å²) >= 11 is 0. The number of carbonyl (C=O) groups excluding carboxylic acids is 1. The Hall–Kier alpha value is -3.33. The summed E-state index contributed by atoms with van der Waals surface area (Å²) in [4.78, 5) is 24.5. The smallest absolute Gasteiger partial charge is 0.266 e. The zero-order valence-corrected chi connectivity index (χ0v) is 19.6. The summed E-state index contributed by atoms with van der Waals surface area (Å²) in [7, 11) is -3.97. The van der Waals surface area contributed by atoms with Crippen LogP contribution < -0.4 is 27.7 Å². The summed E-state index contributed by atoms with van der Waals surface area (Å²) in [6.07, 6.45) is 1.37. The second-order valence-corrected chi connectivity index (χ2v) is 9.27. The zero-order valence-electron chi connectivity index (χ0n) is 18.8. The van der Waals surface area contributed by atoms with Crippen LogP contribution in [0.5, 0.6) is 0 Å². The number of hydrogen-bond donors (Lipinski definition) is 5. The quantitative estimate of drug-likeness (QED) is 0.282. The van der Waals surface area contributed by atoms with Crippen LogP contribution in [0.15, 0.2) is 36.9 Å². The molecule has 4 rings (SSSR count). The third-order valence-electron chi connectivity index (χ3n) is 5.30. The minimum atomic E-state index is -3.97. The molecule has 0 unspecified atom stereocenters. The fraction of sp³-hybridized carbons (Fsp3) is 0.400. The highest BCUT2D eigenvalue weighted by molar-refractivity contribution is 7.90. The molecule has 9 N–H and O–H groups in total. The van der Waals surface area contributed by atoms with E-state index in [0.29, 0.717) is 11.2 Å². The Bertz CT molecular complexity index is 1260. The van der Waals surface area contributed by atoms with E-state index in [2.05, 4.69) is 15.0 Å². The number of amides is 1. The minimum Gasteiger partial charge on any atom is -0.398 e. The fourth-order valence-electron chi connectivity index (χ4n) is 3.59. The molecule has 0 saturated carbocycles. The summed E-state index contributed by atoms with van der Waals surface area (Å²) in [6.45, 7) is 4.00. The maximum Gasteiger partial charge on any atom is 0.266 e. The molecule has 4 atom stereocenters. The zero-order chi connectivity index (χ0) is 25.0. The van der Waals surface area contributed by atoms with E-state index >= 15 is 0 Å². The number of fused-ring (bicyclic) bond motifs is 1. The van der Waals surface area contributed by atoms with Crippen LogP contribution in [0.4, 0.5) is 11.5 Å². The van der Waals surface area contributed by atoms with Gasteiger partial charge in [-0.15, -0.1) is 0 Å². The predicted octanol–water partition coefficient (Wildman–Crippen LogP) is -0.281. The molecular formula is C20H29N9O4S. The number of carbonyl (C=O) groups is 1. The molecule has 2 aromatic heterocycles. The van der Waals surface area contributed by atoms with Crippen molar-refractivity contribution in [1.29, 1.82) is 0 Å². The van der Waals surface area contributed by atoms with E-state index in [4.69, 9.17) is 27.7 Å². The number of rotatable bonds is 6. The highest BCUT2D eigenvalue weighted by Crippen LogP contribution is 2.31.